The summed E-state index contributed by atoms with van der Waals surface area (Å²) >= 11 is 0. The zero-order chi connectivity index (χ0) is 21.6. The molecule has 1 fully saturated rings. The topological polar surface area (TPSA) is 95.6 Å². The predicted molar refractivity (Wildman–Crippen MR) is 117 cm³/mol. The fraction of sp³-hybridized carbons (Fsp3) is 0.364. The molecule has 0 saturated carbocycles. The zero-order valence-corrected chi connectivity index (χ0v) is 17.9. The van der Waals surface area contributed by atoms with Crippen LogP contribution in [0.15, 0.2) is 53.4 Å². The maximum Gasteiger partial charge on any atom is 0.241 e. The van der Waals surface area contributed by atoms with Crippen LogP contribution in [0.2, 0.25) is 0 Å². The Morgan fingerprint density at radius 3 is 2.27 bits per heavy atom. The van der Waals surface area contributed by atoms with Crippen molar-refractivity contribution in [3.63, 3.8) is 0 Å². The number of rotatable bonds is 7. The third-order valence-corrected chi connectivity index (χ3v) is 6.49. The monoisotopic (exact) mass is 429 g/mol. The Morgan fingerprint density at radius 2 is 1.63 bits per heavy atom. The lowest BCUT2D eigenvalue weighted by Crippen LogP contribution is -2.33. The molecule has 2 aromatic rings. The number of amides is 1. The maximum absolute atomic E-state index is 12.4. The summed E-state index contributed by atoms with van der Waals surface area (Å²) in [5.41, 5.74) is 2.03. The fourth-order valence-electron chi connectivity index (χ4n) is 3.42. The van der Waals surface area contributed by atoms with Gasteiger partial charge in [-0.1, -0.05) is 25.0 Å². The summed E-state index contributed by atoms with van der Waals surface area (Å²) in [6.07, 6.45) is 4.90. The largest absolute Gasteiger partial charge is 0.372 e. The molecule has 1 heterocycles. The first-order chi connectivity index (χ1) is 14.3. The van der Waals surface area contributed by atoms with Crippen molar-refractivity contribution in [1.82, 2.24) is 4.72 Å². The van der Waals surface area contributed by atoms with Gasteiger partial charge in [0, 0.05) is 30.0 Å². The zero-order valence-electron chi connectivity index (χ0n) is 17.1. The van der Waals surface area contributed by atoms with Crippen LogP contribution in [0.25, 0.3) is 0 Å². The van der Waals surface area contributed by atoms with Crippen LogP contribution in [0, 0.1) is 0 Å². The van der Waals surface area contributed by atoms with E-state index < -0.39 is 22.5 Å². The van der Waals surface area contributed by atoms with Crippen molar-refractivity contribution in [3.8, 4) is 0 Å². The van der Waals surface area contributed by atoms with Crippen molar-refractivity contribution >= 4 is 33.1 Å². The Morgan fingerprint density at radius 1 is 0.967 bits per heavy atom. The van der Waals surface area contributed by atoms with Crippen molar-refractivity contribution in [2.24, 2.45) is 0 Å². The molecule has 160 valence electrons. The standard InChI is InChI=1S/C22H27N3O4S/c1-17(26)18-7-6-8-21(15-18)30(28,29)23-16-22(27)24-19-9-11-20(12-10-19)25-13-4-2-3-5-14-25/h6-12,15,23H,2-5,13-14,16H2,1H3,(H,24,27). The van der Waals surface area contributed by atoms with Crippen LogP contribution in [0.3, 0.4) is 0 Å². The average molecular weight is 430 g/mol. The number of Topliss-reactive ketones (excluding diaryl/α,β-unsaturated/α-hetero) is 1. The van der Waals surface area contributed by atoms with Gasteiger partial charge in [0.2, 0.25) is 15.9 Å². The Kier molecular flexibility index (Phi) is 7.23. The van der Waals surface area contributed by atoms with Gasteiger partial charge < -0.3 is 10.2 Å². The van der Waals surface area contributed by atoms with Crippen LogP contribution in [-0.4, -0.2) is 39.7 Å². The summed E-state index contributed by atoms with van der Waals surface area (Å²) in [7, 11) is -3.90. The summed E-state index contributed by atoms with van der Waals surface area (Å²) in [6, 6.07) is 13.3. The molecule has 2 aromatic carbocycles. The summed E-state index contributed by atoms with van der Waals surface area (Å²) in [6.45, 7) is 3.04. The third-order valence-electron chi connectivity index (χ3n) is 5.10. The smallest absolute Gasteiger partial charge is 0.241 e. The van der Waals surface area contributed by atoms with Gasteiger partial charge in [-0.25, -0.2) is 13.1 Å². The molecule has 1 aliphatic heterocycles. The molecular formula is C22H27N3O4S. The van der Waals surface area contributed by atoms with Crippen molar-refractivity contribution in [3.05, 3.63) is 54.1 Å². The van der Waals surface area contributed by atoms with Gasteiger partial charge in [0.1, 0.15) is 0 Å². The molecule has 0 aromatic heterocycles. The second kappa shape index (κ2) is 9.86. The normalized spacial score (nSPS) is 14.8. The lowest BCUT2D eigenvalue weighted by molar-refractivity contribution is -0.115. The molecule has 0 unspecified atom stereocenters. The minimum atomic E-state index is -3.90. The predicted octanol–water partition coefficient (Wildman–Crippen LogP) is 3.19. The van der Waals surface area contributed by atoms with Gasteiger partial charge in [-0.3, -0.25) is 9.59 Å². The van der Waals surface area contributed by atoms with E-state index in [9.17, 15) is 18.0 Å². The summed E-state index contributed by atoms with van der Waals surface area (Å²) in [4.78, 5) is 25.9. The summed E-state index contributed by atoms with van der Waals surface area (Å²) in [5, 5.41) is 2.70. The number of sulfonamides is 1. The highest BCUT2D eigenvalue weighted by atomic mass is 32.2. The first-order valence-corrected chi connectivity index (χ1v) is 11.6. The van der Waals surface area contributed by atoms with Gasteiger partial charge in [0.15, 0.2) is 5.78 Å². The SMILES string of the molecule is CC(=O)c1cccc(S(=O)(=O)NCC(=O)Nc2ccc(N3CCCCCC3)cc2)c1. The number of hydrogen-bond acceptors (Lipinski definition) is 5. The van der Waals surface area contributed by atoms with E-state index in [-0.39, 0.29) is 10.7 Å². The Hall–Kier alpha value is -2.71. The van der Waals surface area contributed by atoms with Crippen molar-refractivity contribution in [1.29, 1.82) is 0 Å². The van der Waals surface area contributed by atoms with Crippen LogP contribution in [0.1, 0.15) is 43.0 Å². The fourth-order valence-corrected chi connectivity index (χ4v) is 4.44. The summed E-state index contributed by atoms with van der Waals surface area (Å²) in [5.74, 6) is -0.697. The molecule has 0 atom stereocenters. The van der Waals surface area contributed by atoms with E-state index in [1.807, 2.05) is 24.3 Å². The number of nitrogens with one attached hydrogen (secondary N) is 2. The van der Waals surface area contributed by atoms with Gasteiger partial charge in [0.25, 0.3) is 0 Å². The molecule has 8 heteroatoms. The van der Waals surface area contributed by atoms with Crippen molar-refractivity contribution in [2.75, 3.05) is 29.9 Å². The molecule has 7 nitrogen and oxygen atoms in total. The van der Waals surface area contributed by atoms with Gasteiger partial charge in [-0.05, 0) is 56.2 Å². The second-order valence-electron chi connectivity index (χ2n) is 7.40. The first kappa shape index (κ1) is 22.0. The van der Waals surface area contributed by atoms with E-state index in [2.05, 4.69) is 14.9 Å². The summed E-state index contributed by atoms with van der Waals surface area (Å²) < 4.78 is 27.1. The first-order valence-electron chi connectivity index (χ1n) is 10.1. The lowest BCUT2D eigenvalue weighted by atomic mass is 10.2. The number of hydrogen-bond donors (Lipinski definition) is 2. The number of benzene rings is 2. The highest BCUT2D eigenvalue weighted by molar-refractivity contribution is 7.89. The van der Waals surface area contributed by atoms with Crippen molar-refractivity contribution in [2.45, 2.75) is 37.5 Å². The highest BCUT2D eigenvalue weighted by Gasteiger charge is 2.17. The van der Waals surface area contributed by atoms with E-state index in [1.54, 1.807) is 6.07 Å². The van der Waals surface area contributed by atoms with Crippen LogP contribution >= 0.6 is 0 Å². The molecule has 2 N–H and O–H groups in total. The molecule has 30 heavy (non-hydrogen) atoms. The minimum Gasteiger partial charge on any atom is -0.372 e. The molecule has 3 rings (SSSR count). The molecular weight excluding hydrogens is 402 g/mol. The van der Waals surface area contributed by atoms with Crippen LogP contribution in [0.5, 0.6) is 0 Å². The van der Waals surface area contributed by atoms with Crippen LogP contribution in [-0.2, 0) is 14.8 Å². The molecule has 1 aliphatic rings. The Bertz CT molecular complexity index is 995. The number of ketones is 1. The molecule has 0 radical (unpaired) electrons. The lowest BCUT2D eigenvalue weighted by Gasteiger charge is -2.22. The number of carbonyl (C=O) groups is 2. The molecule has 0 aliphatic carbocycles. The van der Waals surface area contributed by atoms with E-state index in [0.717, 1.165) is 18.8 Å². The molecule has 1 saturated heterocycles. The highest BCUT2D eigenvalue weighted by Crippen LogP contribution is 2.21. The molecule has 0 bridgehead atoms. The van der Waals surface area contributed by atoms with Gasteiger partial charge in [-0.2, -0.15) is 0 Å². The second-order valence-corrected chi connectivity index (χ2v) is 9.17. The van der Waals surface area contributed by atoms with E-state index in [1.165, 1.54) is 50.8 Å². The van der Waals surface area contributed by atoms with E-state index >= 15 is 0 Å². The van der Waals surface area contributed by atoms with Crippen molar-refractivity contribution < 1.29 is 18.0 Å². The third kappa shape index (κ3) is 5.90. The maximum atomic E-state index is 12.4. The number of nitrogens with zero attached hydrogens (tertiary/aromatic N) is 1. The number of anilines is 2. The van der Waals surface area contributed by atoms with Gasteiger partial charge in [-0.15, -0.1) is 0 Å². The Labute approximate surface area is 177 Å². The molecule has 0 spiro atoms. The van der Waals surface area contributed by atoms with Gasteiger partial charge >= 0.3 is 0 Å². The number of carbonyl (C=O) groups excluding carboxylic acids is 2. The van der Waals surface area contributed by atoms with E-state index in [0.29, 0.717) is 11.3 Å². The molecule has 1 amide bonds. The van der Waals surface area contributed by atoms with Gasteiger partial charge in [0.05, 0.1) is 11.4 Å². The quantitative estimate of drug-likeness (QED) is 0.659. The Balaban J connectivity index is 1.56. The van der Waals surface area contributed by atoms with E-state index in [4.69, 9.17) is 0 Å². The average Bonchev–Trinajstić information content (AvgIpc) is 3.03. The minimum absolute atomic E-state index is 0.0511. The van der Waals surface area contributed by atoms with Crippen LogP contribution < -0.4 is 14.9 Å². The van der Waals surface area contributed by atoms with Crippen LogP contribution in [0.4, 0.5) is 11.4 Å².